The van der Waals surface area contributed by atoms with Crippen LogP contribution in [0.15, 0.2) is 35.0 Å². The topological polar surface area (TPSA) is 55.1 Å². The van der Waals surface area contributed by atoms with Gasteiger partial charge in [0.15, 0.2) is 0 Å². The van der Waals surface area contributed by atoms with Crippen LogP contribution >= 0.6 is 22.7 Å². The van der Waals surface area contributed by atoms with Crippen molar-refractivity contribution in [2.24, 2.45) is 11.7 Å². The van der Waals surface area contributed by atoms with Crippen LogP contribution in [-0.2, 0) is 10.2 Å². The fourth-order valence-corrected chi connectivity index (χ4v) is 5.11. The van der Waals surface area contributed by atoms with Gasteiger partial charge in [0.2, 0.25) is 5.91 Å². The molecule has 1 saturated heterocycles. The van der Waals surface area contributed by atoms with Crippen LogP contribution in [0.4, 0.5) is 0 Å². The van der Waals surface area contributed by atoms with E-state index in [2.05, 4.69) is 5.32 Å². The van der Waals surface area contributed by atoms with Crippen molar-refractivity contribution >= 4 is 28.6 Å². The first-order chi connectivity index (χ1) is 9.26. The Morgan fingerprint density at radius 3 is 2.26 bits per heavy atom. The fourth-order valence-electron chi connectivity index (χ4n) is 3.00. The van der Waals surface area contributed by atoms with Gasteiger partial charge in [-0.1, -0.05) is 12.1 Å². The van der Waals surface area contributed by atoms with Crippen molar-refractivity contribution in [2.75, 3.05) is 13.1 Å². The maximum absolute atomic E-state index is 12.4. The molecule has 1 atom stereocenters. The van der Waals surface area contributed by atoms with Gasteiger partial charge in [-0.2, -0.15) is 0 Å². The van der Waals surface area contributed by atoms with Gasteiger partial charge in [0, 0.05) is 9.75 Å². The molecule has 3 rings (SSSR count). The van der Waals surface area contributed by atoms with Crippen molar-refractivity contribution in [3.05, 3.63) is 44.8 Å². The third-order valence-electron chi connectivity index (χ3n) is 3.88. The van der Waals surface area contributed by atoms with Gasteiger partial charge >= 0.3 is 0 Å². The van der Waals surface area contributed by atoms with Crippen LogP contribution in [0.25, 0.3) is 0 Å². The zero-order chi connectivity index (χ0) is 13.3. The minimum absolute atomic E-state index is 0.230. The van der Waals surface area contributed by atoms with Crippen molar-refractivity contribution in [3.63, 3.8) is 0 Å². The molecule has 0 radical (unpaired) electrons. The van der Waals surface area contributed by atoms with Gasteiger partial charge in [-0.3, -0.25) is 4.79 Å². The smallest absolute Gasteiger partial charge is 0.234 e. The molecular weight excluding hydrogens is 276 g/mol. The maximum atomic E-state index is 12.4. The normalized spacial score (nSPS) is 19.7. The average Bonchev–Trinajstić information content (AvgIpc) is 3.15. The Balaban J connectivity index is 2.20. The molecule has 0 bridgehead atoms. The van der Waals surface area contributed by atoms with Crippen LogP contribution in [0, 0.1) is 5.92 Å². The first-order valence-corrected chi connectivity index (χ1v) is 8.10. The van der Waals surface area contributed by atoms with E-state index in [0.29, 0.717) is 0 Å². The molecule has 1 fully saturated rings. The standard InChI is InChI=1S/C14H16N2OS2/c15-13(17)14(10-5-6-16-9-10,11-3-1-7-18-11)12-4-2-8-19-12/h1-4,7-8,10,16H,5-6,9H2,(H2,15,17). The van der Waals surface area contributed by atoms with E-state index < -0.39 is 5.41 Å². The Bertz CT molecular complexity index is 508. The minimum atomic E-state index is -0.661. The second kappa shape index (κ2) is 5.07. The summed E-state index contributed by atoms with van der Waals surface area (Å²) in [6.07, 6.45) is 0.985. The van der Waals surface area contributed by atoms with Crippen molar-refractivity contribution in [1.29, 1.82) is 0 Å². The molecule has 1 unspecified atom stereocenters. The number of hydrogen-bond donors (Lipinski definition) is 2. The lowest BCUT2D eigenvalue weighted by molar-refractivity contribution is -0.123. The number of amides is 1. The molecule has 1 aliphatic rings. The van der Waals surface area contributed by atoms with Crippen LogP contribution in [0.5, 0.6) is 0 Å². The Morgan fingerprint density at radius 2 is 1.89 bits per heavy atom. The molecular formula is C14H16N2OS2. The quantitative estimate of drug-likeness (QED) is 0.907. The lowest BCUT2D eigenvalue weighted by atomic mass is 9.71. The van der Waals surface area contributed by atoms with Gasteiger partial charge in [-0.15, -0.1) is 22.7 Å². The largest absolute Gasteiger partial charge is 0.369 e. The third kappa shape index (κ3) is 1.93. The highest BCUT2D eigenvalue weighted by Crippen LogP contribution is 2.45. The summed E-state index contributed by atoms with van der Waals surface area (Å²) in [5.41, 5.74) is 5.22. The van der Waals surface area contributed by atoms with E-state index in [1.54, 1.807) is 22.7 Å². The molecule has 5 heteroatoms. The molecule has 0 spiro atoms. The monoisotopic (exact) mass is 292 g/mol. The average molecular weight is 292 g/mol. The molecule has 0 aliphatic carbocycles. The second-order valence-corrected chi connectivity index (χ2v) is 6.71. The van der Waals surface area contributed by atoms with Crippen LogP contribution in [0.1, 0.15) is 16.2 Å². The lowest BCUT2D eigenvalue weighted by Crippen LogP contribution is -2.48. The number of carbonyl (C=O) groups is 1. The molecule has 2 aromatic heterocycles. The van der Waals surface area contributed by atoms with Gasteiger partial charge in [0.25, 0.3) is 0 Å². The van der Waals surface area contributed by atoms with Crippen LogP contribution in [0.2, 0.25) is 0 Å². The van der Waals surface area contributed by atoms with Gasteiger partial charge < -0.3 is 11.1 Å². The summed E-state index contributed by atoms with van der Waals surface area (Å²) >= 11 is 3.24. The zero-order valence-electron chi connectivity index (χ0n) is 10.5. The summed E-state index contributed by atoms with van der Waals surface area (Å²) in [5.74, 6) is 0.00778. The molecule has 3 nitrogen and oxygen atoms in total. The van der Waals surface area contributed by atoms with E-state index in [1.807, 2.05) is 35.0 Å². The molecule has 1 amide bonds. The summed E-state index contributed by atoms with van der Waals surface area (Å²) in [6, 6.07) is 8.06. The summed E-state index contributed by atoms with van der Waals surface area (Å²) in [7, 11) is 0. The lowest BCUT2D eigenvalue weighted by Gasteiger charge is -2.34. The molecule has 100 valence electrons. The summed E-state index contributed by atoms with van der Waals surface area (Å²) in [5, 5.41) is 7.39. The zero-order valence-corrected chi connectivity index (χ0v) is 12.1. The Morgan fingerprint density at radius 1 is 1.26 bits per heavy atom. The van der Waals surface area contributed by atoms with Crippen molar-refractivity contribution < 1.29 is 4.79 Å². The second-order valence-electron chi connectivity index (χ2n) is 4.82. The molecule has 0 saturated carbocycles. The first kappa shape index (κ1) is 12.8. The Labute approximate surface area is 120 Å². The molecule has 3 N–H and O–H groups in total. The van der Waals surface area contributed by atoms with Crippen molar-refractivity contribution in [3.8, 4) is 0 Å². The SMILES string of the molecule is NC(=O)C(c1cccs1)(c1cccs1)C1CCNC1. The Hall–Kier alpha value is -1.17. The van der Waals surface area contributed by atoms with E-state index in [4.69, 9.17) is 5.73 Å². The highest BCUT2D eigenvalue weighted by Gasteiger charge is 2.49. The van der Waals surface area contributed by atoms with Gasteiger partial charge in [0.05, 0.1) is 0 Å². The highest BCUT2D eigenvalue weighted by atomic mass is 32.1. The van der Waals surface area contributed by atoms with Gasteiger partial charge in [-0.25, -0.2) is 0 Å². The molecule has 2 aromatic rings. The summed E-state index contributed by atoms with van der Waals surface area (Å²) < 4.78 is 0. The maximum Gasteiger partial charge on any atom is 0.234 e. The molecule has 19 heavy (non-hydrogen) atoms. The third-order valence-corrected chi connectivity index (χ3v) is 5.89. The van der Waals surface area contributed by atoms with E-state index >= 15 is 0 Å². The van der Waals surface area contributed by atoms with Gasteiger partial charge in [0.1, 0.15) is 5.41 Å². The van der Waals surface area contributed by atoms with E-state index in [0.717, 1.165) is 29.3 Å². The number of carbonyl (C=O) groups excluding carboxylic acids is 1. The number of rotatable bonds is 4. The van der Waals surface area contributed by atoms with E-state index in [9.17, 15) is 4.79 Å². The number of nitrogens with two attached hydrogens (primary N) is 1. The minimum Gasteiger partial charge on any atom is -0.369 e. The number of nitrogens with one attached hydrogen (secondary N) is 1. The molecule has 3 heterocycles. The van der Waals surface area contributed by atoms with Crippen molar-refractivity contribution in [1.82, 2.24) is 5.32 Å². The predicted octanol–water partition coefficient (Wildman–Crippen LogP) is 2.19. The van der Waals surface area contributed by atoms with Crippen LogP contribution < -0.4 is 11.1 Å². The van der Waals surface area contributed by atoms with Crippen LogP contribution in [-0.4, -0.2) is 19.0 Å². The number of thiophene rings is 2. The van der Waals surface area contributed by atoms with Crippen LogP contribution in [0.3, 0.4) is 0 Å². The molecule has 0 aromatic carbocycles. The predicted molar refractivity (Wildman–Crippen MR) is 79.6 cm³/mol. The summed E-state index contributed by atoms with van der Waals surface area (Å²) in [6.45, 7) is 1.80. The van der Waals surface area contributed by atoms with E-state index in [-0.39, 0.29) is 11.8 Å². The number of hydrogen-bond acceptors (Lipinski definition) is 4. The highest BCUT2D eigenvalue weighted by molar-refractivity contribution is 7.12. The Kier molecular flexibility index (Phi) is 3.43. The molecule has 1 aliphatic heterocycles. The van der Waals surface area contributed by atoms with Gasteiger partial charge in [-0.05, 0) is 48.3 Å². The van der Waals surface area contributed by atoms with Crippen molar-refractivity contribution in [2.45, 2.75) is 11.8 Å². The van der Waals surface area contributed by atoms with E-state index in [1.165, 1.54) is 0 Å². The fraction of sp³-hybridized carbons (Fsp3) is 0.357. The first-order valence-electron chi connectivity index (χ1n) is 6.35. The number of primary amides is 1. The summed E-state index contributed by atoms with van der Waals surface area (Å²) in [4.78, 5) is 14.5.